The molecule has 7 heteroatoms. The highest BCUT2D eigenvalue weighted by Crippen LogP contribution is 2.24. The minimum absolute atomic E-state index is 0.337. The van der Waals surface area contributed by atoms with Gasteiger partial charge in [-0.2, -0.15) is 13.2 Å². The summed E-state index contributed by atoms with van der Waals surface area (Å²) in [7, 11) is 2.81. The van der Waals surface area contributed by atoms with Gasteiger partial charge in [-0.15, -0.1) is 0 Å². The quantitative estimate of drug-likeness (QED) is 0.783. The number of alkyl halides is 3. The predicted molar refractivity (Wildman–Crippen MR) is 55.4 cm³/mol. The molecule has 0 aliphatic rings. The van der Waals surface area contributed by atoms with Gasteiger partial charge in [-0.3, -0.25) is 0 Å². The predicted octanol–water partition coefficient (Wildman–Crippen LogP) is 2.31. The summed E-state index contributed by atoms with van der Waals surface area (Å²) >= 11 is 0. The summed E-state index contributed by atoms with van der Waals surface area (Å²) in [5, 5.41) is 0. The van der Waals surface area contributed by atoms with Crippen LogP contribution in [0.15, 0.2) is 18.2 Å². The van der Waals surface area contributed by atoms with Gasteiger partial charge >= 0.3 is 12.1 Å². The van der Waals surface area contributed by atoms with Gasteiger partial charge in [-0.05, 0) is 17.7 Å². The number of benzene rings is 1. The van der Waals surface area contributed by atoms with Crippen molar-refractivity contribution >= 4 is 5.97 Å². The first-order chi connectivity index (χ1) is 8.36. The monoisotopic (exact) mass is 264 g/mol. The number of hydrogen-bond acceptors (Lipinski definition) is 4. The van der Waals surface area contributed by atoms with E-state index >= 15 is 0 Å². The maximum Gasteiger partial charge on any atom is 0.490 e. The third-order valence-corrected chi connectivity index (χ3v) is 2.01. The second kappa shape index (κ2) is 5.61. The molecule has 0 N–H and O–H groups in total. The van der Waals surface area contributed by atoms with Crippen LogP contribution < -0.4 is 9.47 Å². The third kappa shape index (κ3) is 3.83. The Morgan fingerprint density at radius 1 is 1.11 bits per heavy atom. The first-order valence-corrected chi connectivity index (χ1v) is 4.82. The number of ether oxygens (including phenoxy) is 3. The third-order valence-electron chi connectivity index (χ3n) is 2.01. The maximum atomic E-state index is 11.9. The Kier molecular flexibility index (Phi) is 4.41. The number of halogens is 3. The molecule has 0 aliphatic carbocycles. The largest absolute Gasteiger partial charge is 0.497 e. The van der Waals surface area contributed by atoms with Crippen molar-refractivity contribution in [2.45, 2.75) is 12.8 Å². The molecule has 0 aromatic heterocycles. The number of methoxy groups -OCH3 is 2. The smallest absolute Gasteiger partial charge is 0.490 e. The van der Waals surface area contributed by atoms with Crippen LogP contribution in [0.1, 0.15) is 5.56 Å². The fourth-order valence-electron chi connectivity index (χ4n) is 1.18. The lowest BCUT2D eigenvalue weighted by Gasteiger charge is -2.10. The van der Waals surface area contributed by atoms with Gasteiger partial charge in [0.15, 0.2) is 0 Å². The van der Waals surface area contributed by atoms with Gasteiger partial charge in [-0.1, -0.05) is 0 Å². The molecular formula is C11H11F3O4. The van der Waals surface area contributed by atoms with Crippen LogP contribution in [-0.2, 0) is 16.1 Å². The molecule has 0 saturated carbocycles. The number of esters is 1. The van der Waals surface area contributed by atoms with Gasteiger partial charge in [0.05, 0.1) is 14.2 Å². The molecule has 0 fully saturated rings. The number of rotatable bonds is 4. The Morgan fingerprint density at radius 3 is 2.00 bits per heavy atom. The second-order valence-electron chi connectivity index (χ2n) is 3.29. The molecule has 0 aliphatic heterocycles. The lowest BCUT2D eigenvalue weighted by molar-refractivity contribution is -0.201. The van der Waals surface area contributed by atoms with Crippen molar-refractivity contribution in [1.82, 2.24) is 0 Å². The highest BCUT2D eigenvalue weighted by Gasteiger charge is 2.40. The van der Waals surface area contributed by atoms with Gasteiger partial charge in [0.2, 0.25) is 0 Å². The van der Waals surface area contributed by atoms with Crippen molar-refractivity contribution in [2.75, 3.05) is 14.2 Å². The molecule has 4 nitrogen and oxygen atoms in total. The fourth-order valence-corrected chi connectivity index (χ4v) is 1.18. The van der Waals surface area contributed by atoms with Gasteiger partial charge in [0, 0.05) is 6.07 Å². The summed E-state index contributed by atoms with van der Waals surface area (Å²) in [5.74, 6) is -1.44. The minimum atomic E-state index is -5.00. The van der Waals surface area contributed by atoms with Crippen molar-refractivity contribution in [1.29, 1.82) is 0 Å². The zero-order valence-electron chi connectivity index (χ0n) is 9.71. The Balaban J connectivity index is 2.76. The van der Waals surface area contributed by atoms with E-state index in [1.807, 2.05) is 0 Å². The molecule has 0 unspecified atom stereocenters. The number of carbonyl (C=O) groups is 1. The first-order valence-electron chi connectivity index (χ1n) is 4.82. The lowest BCUT2D eigenvalue weighted by Crippen LogP contribution is -2.25. The number of carbonyl (C=O) groups excluding carboxylic acids is 1. The summed E-state index contributed by atoms with van der Waals surface area (Å²) in [6, 6.07) is 4.45. The summed E-state index contributed by atoms with van der Waals surface area (Å²) in [6.07, 6.45) is -5.00. The summed E-state index contributed by atoms with van der Waals surface area (Å²) in [4.78, 5) is 10.5. The van der Waals surface area contributed by atoms with Crippen LogP contribution in [0.3, 0.4) is 0 Å². The Labute approximate surface area is 101 Å². The SMILES string of the molecule is COc1cc(COC(=O)C(F)(F)F)cc(OC)c1. The first kappa shape index (κ1) is 14.1. The van der Waals surface area contributed by atoms with E-state index in [1.54, 1.807) is 6.07 Å². The Morgan fingerprint density at radius 2 is 1.61 bits per heavy atom. The molecule has 1 aromatic rings. The summed E-state index contributed by atoms with van der Waals surface area (Å²) in [6.45, 7) is -0.508. The van der Waals surface area contributed by atoms with Crippen molar-refractivity contribution in [3.63, 3.8) is 0 Å². The van der Waals surface area contributed by atoms with Gasteiger partial charge in [0.25, 0.3) is 0 Å². The zero-order chi connectivity index (χ0) is 13.8. The molecule has 100 valence electrons. The topological polar surface area (TPSA) is 44.8 Å². The molecule has 0 amide bonds. The molecule has 18 heavy (non-hydrogen) atoms. The second-order valence-corrected chi connectivity index (χ2v) is 3.29. The van der Waals surface area contributed by atoms with E-state index in [4.69, 9.17) is 9.47 Å². The van der Waals surface area contributed by atoms with Crippen LogP contribution in [0.4, 0.5) is 13.2 Å². The van der Waals surface area contributed by atoms with Crippen LogP contribution in [0.2, 0.25) is 0 Å². The van der Waals surface area contributed by atoms with Crippen molar-refractivity contribution in [3.8, 4) is 11.5 Å². The molecule has 1 aromatic carbocycles. The van der Waals surface area contributed by atoms with Crippen LogP contribution in [0, 0.1) is 0 Å². The van der Waals surface area contributed by atoms with Gasteiger partial charge < -0.3 is 14.2 Å². The van der Waals surface area contributed by atoms with Crippen LogP contribution in [0.5, 0.6) is 11.5 Å². The number of hydrogen-bond donors (Lipinski definition) is 0. The van der Waals surface area contributed by atoms with E-state index in [1.165, 1.54) is 26.4 Å². The Bertz CT molecular complexity index is 407. The highest BCUT2D eigenvalue weighted by atomic mass is 19.4. The van der Waals surface area contributed by atoms with Crippen LogP contribution >= 0.6 is 0 Å². The van der Waals surface area contributed by atoms with E-state index in [0.29, 0.717) is 17.1 Å². The fraction of sp³-hybridized carbons (Fsp3) is 0.364. The van der Waals surface area contributed by atoms with E-state index in [0.717, 1.165) is 0 Å². The highest BCUT2D eigenvalue weighted by molar-refractivity contribution is 5.75. The molecule has 1 rings (SSSR count). The summed E-state index contributed by atoms with van der Waals surface area (Å²) in [5.41, 5.74) is 0.337. The molecule has 0 spiro atoms. The average Bonchev–Trinajstić information content (AvgIpc) is 2.34. The molecule has 0 atom stereocenters. The standard InChI is InChI=1S/C11H11F3O4/c1-16-8-3-7(4-9(5-8)17-2)6-18-10(15)11(12,13)14/h3-5H,6H2,1-2H3. The maximum absolute atomic E-state index is 11.9. The molecule has 0 radical (unpaired) electrons. The molecular weight excluding hydrogens is 253 g/mol. The van der Waals surface area contributed by atoms with Crippen LogP contribution in [-0.4, -0.2) is 26.4 Å². The van der Waals surface area contributed by atoms with E-state index < -0.39 is 18.8 Å². The van der Waals surface area contributed by atoms with Crippen molar-refractivity contribution in [2.24, 2.45) is 0 Å². The van der Waals surface area contributed by atoms with Crippen LogP contribution in [0.25, 0.3) is 0 Å². The van der Waals surface area contributed by atoms with E-state index in [9.17, 15) is 18.0 Å². The van der Waals surface area contributed by atoms with Crippen molar-refractivity contribution in [3.05, 3.63) is 23.8 Å². The average molecular weight is 264 g/mol. The lowest BCUT2D eigenvalue weighted by atomic mass is 10.2. The van der Waals surface area contributed by atoms with Gasteiger partial charge in [-0.25, -0.2) is 4.79 Å². The summed E-state index contributed by atoms with van der Waals surface area (Å²) < 4.78 is 49.7. The molecule has 0 saturated heterocycles. The van der Waals surface area contributed by atoms with Gasteiger partial charge in [0.1, 0.15) is 18.1 Å². The Hall–Kier alpha value is -1.92. The van der Waals surface area contributed by atoms with E-state index in [2.05, 4.69) is 4.74 Å². The van der Waals surface area contributed by atoms with E-state index in [-0.39, 0.29) is 0 Å². The minimum Gasteiger partial charge on any atom is -0.497 e. The molecule has 0 heterocycles. The molecule has 0 bridgehead atoms. The van der Waals surface area contributed by atoms with Crippen molar-refractivity contribution < 1.29 is 32.2 Å². The zero-order valence-corrected chi connectivity index (χ0v) is 9.71. The normalized spacial score (nSPS) is 10.9.